The van der Waals surface area contributed by atoms with E-state index < -0.39 is 0 Å². The fourth-order valence-corrected chi connectivity index (χ4v) is 3.97. The Kier molecular flexibility index (Phi) is 5.46. The Bertz CT molecular complexity index is 1320. The highest BCUT2D eigenvalue weighted by Crippen LogP contribution is 2.33. The Hall–Kier alpha value is -4.24. The molecule has 0 bridgehead atoms. The Morgan fingerprint density at radius 2 is 1.16 bits per heavy atom. The summed E-state index contributed by atoms with van der Waals surface area (Å²) in [6.07, 6.45) is 0. The van der Waals surface area contributed by atoms with Crippen LogP contribution in [0.4, 0.5) is 17.3 Å². The van der Waals surface area contributed by atoms with Gasteiger partial charge in [-0.15, -0.1) is 0 Å². The molecular weight excluding hydrogens is 390 g/mol. The summed E-state index contributed by atoms with van der Waals surface area (Å²) in [7, 11) is 2.11. The molecule has 0 aliphatic rings. The smallest absolute Gasteiger partial charge is 0.229 e. The molecule has 2 aromatic heterocycles. The van der Waals surface area contributed by atoms with Crippen molar-refractivity contribution in [3.63, 3.8) is 0 Å². The van der Waals surface area contributed by atoms with Gasteiger partial charge in [-0.05, 0) is 30.3 Å². The first-order valence-corrected chi connectivity index (χ1v) is 10.7. The molecule has 0 aliphatic carbocycles. The van der Waals surface area contributed by atoms with E-state index in [1.165, 1.54) is 5.56 Å². The second kappa shape index (κ2) is 8.86. The van der Waals surface area contributed by atoms with Crippen LogP contribution in [-0.2, 0) is 7.05 Å². The molecule has 0 unspecified atom stereocenters. The van der Waals surface area contributed by atoms with Gasteiger partial charge in [0.2, 0.25) is 5.82 Å². The minimum atomic E-state index is 0.873. The Balaban J connectivity index is 1.68. The van der Waals surface area contributed by atoms with Crippen LogP contribution >= 0.6 is 0 Å². The van der Waals surface area contributed by atoms with Crippen molar-refractivity contribution >= 4 is 17.3 Å². The molecule has 0 saturated heterocycles. The zero-order valence-corrected chi connectivity index (χ0v) is 18.0. The van der Waals surface area contributed by atoms with E-state index >= 15 is 0 Å². The topological polar surface area (TPSA) is 20.0 Å². The van der Waals surface area contributed by atoms with E-state index in [1.807, 2.05) is 30.3 Å². The number of hydrogen-bond acceptors (Lipinski definition) is 2. The Morgan fingerprint density at radius 3 is 1.84 bits per heavy atom. The number of nitrogens with zero attached hydrogens (tertiary/aromatic N) is 3. The second-order valence-corrected chi connectivity index (χ2v) is 7.61. The van der Waals surface area contributed by atoms with Crippen LogP contribution < -0.4 is 9.47 Å². The molecular formula is C29H24N3+. The molecule has 32 heavy (non-hydrogen) atoms. The monoisotopic (exact) mass is 414 g/mol. The normalized spacial score (nSPS) is 10.7. The van der Waals surface area contributed by atoms with Crippen LogP contribution in [0, 0.1) is 0 Å². The van der Waals surface area contributed by atoms with Crippen molar-refractivity contribution in [2.24, 2.45) is 7.05 Å². The third kappa shape index (κ3) is 3.88. The van der Waals surface area contributed by atoms with Gasteiger partial charge in [0, 0.05) is 23.3 Å². The van der Waals surface area contributed by atoms with Crippen molar-refractivity contribution in [2.75, 3.05) is 4.90 Å². The zero-order valence-electron chi connectivity index (χ0n) is 18.0. The maximum atomic E-state index is 5.05. The molecule has 3 aromatic carbocycles. The highest BCUT2D eigenvalue weighted by molar-refractivity contribution is 5.73. The maximum absolute atomic E-state index is 5.05. The van der Waals surface area contributed by atoms with Crippen LogP contribution in [-0.4, -0.2) is 4.98 Å². The van der Waals surface area contributed by atoms with Crippen molar-refractivity contribution in [2.45, 2.75) is 0 Å². The standard InChI is InChI=1S/C29H24N3/c1-31-27(24-15-7-3-8-16-24)20-12-22-29(31)32(25-17-9-4-10-18-25)28-21-11-19-26(30-28)23-13-5-2-6-14-23/h2-22H,1H3/q+1. The van der Waals surface area contributed by atoms with Gasteiger partial charge in [0.25, 0.3) is 5.82 Å². The molecule has 0 amide bonds. The first-order valence-electron chi connectivity index (χ1n) is 10.7. The molecule has 0 aliphatic heterocycles. The highest BCUT2D eigenvalue weighted by Gasteiger charge is 2.26. The Labute approximate surface area is 188 Å². The quantitative estimate of drug-likeness (QED) is 0.298. The predicted molar refractivity (Wildman–Crippen MR) is 131 cm³/mol. The lowest BCUT2D eigenvalue weighted by molar-refractivity contribution is -0.647. The molecule has 0 saturated carbocycles. The van der Waals surface area contributed by atoms with Crippen molar-refractivity contribution in [3.8, 4) is 22.5 Å². The average Bonchev–Trinajstić information content (AvgIpc) is 2.87. The molecule has 0 atom stereocenters. The van der Waals surface area contributed by atoms with Gasteiger partial charge >= 0.3 is 0 Å². The van der Waals surface area contributed by atoms with Gasteiger partial charge in [0.05, 0.1) is 12.7 Å². The van der Waals surface area contributed by atoms with Crippen LogP contribution in [0.1, 0.15) is 0 Å². The molecule has 0 radical (unpaired) electrons. The van der Waals surface area contributed by atoms with Crippen molar-refractivity contribution in [1.29, 1.82) is 0 Å². The molecule has 5 rings (SSSR count). The van der Waals surface area contributed by atoms with Crippen LogP contribution in [0.3, 0.4) is 0 Å². The first kappa shape index (κ1) is 19.7. The molecule has 2 heterocycles. The van der Waals surface area contributed by atoms with E-state index in [4.69, 9.17) is 4.98 Å². The average molecular weight is 415 g/mol. The minimum Gasteiger partial charge on any atom is -0.229 e. The van der Waals surface area contributed by atoms with Gasteiger partial charge in [-0.25, -0.2) is 9.55 Å². The minimum absolute atomic E-state index is 0.873. The molecule has 3 nitrogen and oxygen atoms in total. The van der Waals surface area contributed by atoms with Gasteiger partial charge in [0.15, 0.2) is 0 Å². The number of benzene rings is 3. The lowest BCUT2D eigenvalue weighted by Gasteiger charge is -2.19. The summed E-state index contributed by atoms with van der Waals surface area (Å²) in [6.45, 7) is 0. The summed E-state index contributed by atoms with van der Waals surface area (Å²) in [6, 6.07) is 43.7. The van der Waals surface area contributed by atoms with Crippen LogP contribution in [0.2, 0.25) is 0 Å². The summed E-state index contributed by atoms with van der Waals surface area (Å²) < 4.78 is 2.22. The predicted octanol–water partition coefficient (Wildman–Crippen LogP) is 6.71. The number of hydrogen-bond donors (Lipinski definition) is 0. The largest absolute Gasteiger partial charge is 0.288 e. The van der Waals surface area contributed by atoms with Crippen LogP contribution in [0.5, 0.6) is 0 Å². The number of para-hydroxylation sites is 1. The SMILES string of the molecule is C[n+]1c(-c2ccccc2)cccc1N(c1ccccc1)c1cccc(-c2ccccc2)n1. The lowest BCUT2D eigenvalue weighted by Crippen LogP contribution is -2.37. The number of rotatable bonds is 5. The fourth-order valence-electron chi connectivity index (χ4n) is 3.97. The van der Waals surface area contributed by atoms with E-state index in [0.29, 0.717) is 0 Å². The number of aromatic nitrogens is 2. The van der Waals surface area contributed by atoms with Crippen LogP contribution in [0.25, 0.3) is 22.5 Å². The third-order valence-corrected chi connectivity index (χ3v) is 5.55. The van der Waals surface area contributed by atoms with Crippen molar-refractivity contribution in [1.82, 2.24) is 4.98 Å². The summed E-state index contributed by atoms with van der Waals surface area (Å²) in [4.78, 5) is 7.26. The number of anilines is 3. The maximum Gasteiger partial charge on any atom is 0.288 e. The third-order valence-electron chi connectivity index (χ3n) is 5.55. The summed E-state index contributed by atoms with van der Waals surface area (Å²) in [5.74, 6) is 1.91. The van der Waals surface area contributed by atoms with Crippen molar-refractivity contribution in [3.05, 3.63) is 127 Å². The zero-order chi connectivity index (χ0) is 21.8. The number of pyridine rings is 2. The molecule has 0 spiro atoms. The molecule has 5 aromatic rings. The van der Waals surface area contributed by atoms with Gasteiger partial charge in [-0.1, -0.05) is 84.9 Å². The summed E-state index contributed by atoms with van der Waals surface area (Å²) >= 11 is 0. The highest BCUT2D eigenvalue weighted by atomic mass is 15.3. The van der Waals surface area contributed by atoms with E-state index in [-0.39, 0.29) is 0 Å². The summed E-state index contributed by atoms with van der Waals surface area (Å²) in [5.41, 5.74) is 5.43. The summed E-state index contributed by atoms with van der Waals surface area (Å²) in [5, 5.41) is 0. The van der Waals surface area contributed by atoms with E-state index in [9.17, 15) is 0 Å². The van der Waals surface area contributed by atoms with E-state index in [2.05, 4.69) is 114 Å². The fraction of sp³-hybridized carbons (Fsp3) is 0.0345. The Morgan fingerprint density at radius 1 is 0.562 bits per heavy atom. The molecule has 0 N–H and O–H groups in total. The van der Waals surface area contributed by atoms with Crippen LogP contribution in [0.15, 0.2) is 127 Å². The van der Waals surface area contributed by atoms with E-state index in [0.717, 1.165) is 34.3 Å². The molecule has 0 fully saturated rings. The molecule has 3 heteroatoms. The van der Waals surface area contributed by atoms with Gasteiger partial charge < -0.3 is 0 Å². The van der Waals surface area contributed by atoms with Gasteiger partial charge in [-0.3, -0.25) is 0 Å². The first-order chi connectivity index (χ1) is 15.8. The van der Waals surface area contributed by atoms with E-state index in [1.54, 1.807) is 0 Å². The second-order valence-electron chi connectivity index (χ2n) is 7.61. The van der Waals surface area contributed by atoms with Gasteiger partial charge in [0.1, 0.15) is 11.4 Å². The van der Waals surface area contributed by atoms with Gasteiger partial charge in [-0.2, -0.15) is 4.90 Å². The van der Waals surface area contributed by atoms with Crippen molar-refractivity contribution < 1.29 is 4.57 Å². The molecule has 154 valence electrons. The lowest BCUT2D eigenvalue weighted by atomic mass is 10.1.